The molecular weight excluding hydrogens is 246 g/mol. The number of halogens is 1. The van der Waals surface area contributed by atoms with E-state index >= 15 is 0 Å². The van der Waals surface area contributed by atoms with Crippen molar-refractivity contribution in [2.75, 3.05) is 6.54 Å². The highest BCUT2D eigenvalue weighted by molar-refractivity contribution is 9.11. The lowest BCUT2D eigenvalue weighted by Crippen LogP contribution is -2.21. The maximum absolute atomic E-state index is 3.53. The Hall–Kier alpha value is 0.140. The van der Waals surface area contributed by atoms with Crippen LogP contribution in [0.2, 0.25) is 0 Å². The van der Waals surface area contributed by atoms with Gasteiger partial charge >= 0.3 is 0 Å². The molecule has 1 nitrogen and oxygen atoms in total. The Balaban J connectivity index is 1.78. The Morgan fingerprint density at radius 2 is 2.46 bits per heavy atom. The second-order valence-corrected chi connectivity index (χ2v) is 6.09. The van der Waals surface area contributed by atoms with Crippen LogP contribution < -0.4 is 5.32 Å². The summed E-state index contributed by atoms with van der Waals surface area (Å²) in [6.45, 7) is 1.22. The van der Waals surface area contributed by atoms with Crippen molar-refractivity contribution < 1.29 is 0 Å². The van der Waals surface area contributed by atoms with E-state index in [0.29, 0.717) is 0 Å². The van der Waals surface area contributed by atoms with Gasteiger partial charge in [-0.15, -0.1) is 11.3 Å². The zero-order valence-corrected chi connectivity index (χ0v) is 9.96. The molecule has 1 aliphatic heterocycles. The average molecular weight is 260 g/mol. The zero-order valence-electron chi connectivity index (χ0n) is 7.55. The number of hydrogen-bond donors (Lipinski definition) is 1. The number of aryl methyl sites for hydroxylation is 1. The smallest absolute Gasteiger partial charge is 0.0701 e. The molecule has 1 N–H and O–H groups in total. The molecule has 1 atom stereocenters. The van der Waals surface area contributed by atoms with Crippen LogP contribution in [0, 0.1) is 0 Å². The van der Waals surface area contributed by atoms with Crippen molar-refractivity contribution in [3.8, 4) is 0 Å². The molecule has 0 bridgehead atoms. The van der Waals surface area contributed by atoms with Crippen molar-refractivity contribution in [2.24, 2.45) is 0 Å². The van der Waals surface area contributed by atoms with Crippen molar-refractivity contribution in [3.63, 3.8) is 0 Å². The third-order valence-corrected chi connectivity index (χ3v) is 4.21. The predicted octanol–water partition coefficient (Wildman–Crippen LogP) is 3.20. The summed E-state index contributed by atoms with van der Waals surface area (Å²) in [6.07, 6.45) is 5.26. The molecule has 0 amide bonds. The molecular formula is C10H14BrNS. The molecule has 0 saturated carbocycles. The molecule has 0 radical (unpaired) electrons. The van der Waals surface area contributed by atoms with Gasteiger partial charge in [0, 0.05) is 10.9 Å². The van der Waals surface area contributed by atoms with Crippen LogP contribution in [-0.2, 0) is 6.42 Å². The Bertz CT molecular complexity index is 266. The summed E-state index contributed by atoms with van der Waals surface area (Å²) in [6, 6.07) is 5.15. The van der Waals surface area contributed by atoms with Gasteiger partial charge in [0.25, 0.3) is 0 Å². The van der Waals surface area contributed by atoms with Gasteiger partial charge in [-0.1, -0.05) is 0 Å². The van der Waals surface area contributed by atoms with Crippen LogP contribution >= 0.6 is 27.3 Å². The van der Waals surface area contributed by atoms with Crippen molar-refractivity contribution in [1.29, 1.82) is 0 Å². The van der Waals surface area contributed by atoms with Crippen molar-refractivity contribution in [3.05, 3.63) is 20.8 Å². The van der Waals surface area contributed by atoms with Gasteiger partial charge in [-0.05, 0) is 60.3 Å². The molecule has 1 aliphatic rings. The van der Waals surface area contributed by atoms with Crippen LogP contribution in [0.3, 0.4) is 0 Å². The lowest BCUT2D eigenvalue weighted by Gasteiger charge is -2.07. The van der Waals surface area contributed by atoms with Gasteiger partial charge in [-0.2, -0.15) is 0 Å². The van der Waals surface area contributed by atoms with Gasteiger partial charge in [0.05, 0.1) is 3.79 Å². The Kier molecular flexibility index (Phi) is 3.41. The molecule has 3 heteroatoms. The molecule has 1 aromatic rings. The molecule has 72 valence electrons. The van der Waals surface area contributed by atoms with Crippen molar-refractivity contribution in [2.45, 2.75) is 31.7 Å². The minimum absolute atomic E-state index is 0.779. The van der Waals surface area contributed by atoms with Gasteiger partial charge in [0.15, 0.2) is 0 Å². The van der Waals surface area contributed by atoms with Crippen molar-refractivity contribution >= 4 is 27.3 Å². The summed E-state index contributed by atoms with van der Waals surface area (Å²) in [5, 5.41) is 3.53. The predicted molar refractivity (Wildman–Crippen MR) is 61.4 cm³/mol. The van der Waals surface area contributed by atoms with Gasteiger partial charge in [-0.3, -0.25) is 0 Å². The van der Waals surface area contributed by atoms with Gasteiger partial charge in [-0.25, -0.2) is 0 Å². The van der Waals surface area contributed by atoms with Crippen molar-refractivity contribution in [1.82, 2.24) is 5.32 Å². The SMILES string of the molecule is Brc1ccc(CCC2CCCN2)s1. The van der Waals surface area contributed by atoms with Gasteiger partial charge in [0.2, 0.25) is 0 Å². The summed E-state index contributed by atoms with van der Waals surface area (Å²) >= 11 is 5.35. The third kappa shape index (κ3) is 2.79. The average Bonchev–Trinajstić information content (AvgIpc) is 2.71. The first-order valence-corrected chi connectivity index (χ1v) is 6.43. The molecule has 13 heavy (non-hydrogen) atoms. The second-order valence-electron chi connectivity index (χ2n) is 3.54. The molecule has 1 aromatic heterocycles. The minimum Gasteiger partial charge on any atom is -0.314 e. The van der Waals surface area contributed by atoms with E-state index in [1.807, 2.05) is 11.3 Å². The lowest BCUT2D eigenvalue weighted by atomic mass is 10.1. The molecule has 0 aliphatic carbocycles. The zero-order chi connectivity index (χ0) is 9.10. The van der Waals surface area contributed by atoms with Crippen LogP contribution in [0.5, 0.6) is 0 Å². The van der Waals surface area contributed by atoms with E-state index in [2.05, 4.69) is 33.4 Å². The summed E-state index contributed by atoms with van der Waals surface area (Å²) < 4.78 is 1.25. The summed E-state index contributed by atoms with van der Waals surface area (Å²) in [4.78, 5) is 1.50. The highest BCUT2D eigenvalue weighted by Gasteiger charge is 2.13. The number of thiophene rings is 1. The maximum Gasteiger partial charge on any atom is 0.0701 e. The van der Waals surface area contributed by atoms with Crippen LogP contribution in [-0.4, -0.2) is 12.6 Å². The highest BCUT2D eigenvalue weighted by atomic mass is 79.9. The normalized spacial score (nSPS) is 22.4. The first-order valence-electron chi connectivity index (χ1n) is 4.82. The summed E-state index contributed by atoms with van der Waals surface area (Å²) in [5.74, 6) is 0. The molecule has 1 unspecified atom stereocenters. The van der Waals surface area contributed by atoms with E-state index in [-0.39, 0.29) is 0 Å². The lowest BCUT2D eigenvalue weighted by molar-refractivity contribution is 0.561. The maximum atomic E-state index is 3.53. The second kappa shape index (κ2) is 4.58. The van der Waals surface area contributed by atoms with E-state index in [0.717, 1.165) is 6.04 Å². The van der Waals surface area contributed by atoms with E-state index in [1.165, 1.54) is 40.9 Å². The molecule has 1 fully saturated rings. The number of hydrogen-bond acceptors (Lipinski definition) is 2. The fraction of sp³-hybridized carbons (Fsp3) is 0.600. The standard InChI is InChI=1S/C10H14BrNS/c11-10-6-5-9(13-10)4-3-8-2-1-7-12-8/h5-6,8,12H,1-4,7H2. The van der Waals surface area contributed by atoms with Gasteiger partial charge in [0.1, 0.15) is 0 Å². The topological polar surface area (TPSA) is 12.0 Å². The van der Waals surface area contributed by atoms with Gasteiger partial charge < -0.3 is 5.32 Å². The largest absolute Gasteiger partial charge is 0.314 e. The highest BCUT2D eigenvalue weighted by Crippen LogP contribution is 2.24. The Morgan fingerprint density at radius 1 is 1.54 bits per heavy atom. The minimum atomic E-state index is 0.779. The van der Waals surface area contributed by atoms with E-state index in [4.69, 9.17) is 0 Å². The van der Waals surface area contributed by atoms with Crippen LogP contribution in [0.1, 0.15) is 24.1 Å². The molecule has 0 aromatic carbocycles. The molecule has 2 rings (SSSR count). The summed E-state index contributed by atoms with van der Waals surface area (Å²) in [7, 11) is 0. The van der Waals surface area contributed by atoms with E-state index < -0.39 is 0 Å². The van der Waals surface area contributed by atoms with E-state index in [9.17, 15) is 0 Å². The number of nitrogens with one attached hydrogen (secondary N) is 1. The molecule has 1 saturated heterocycles. The van der Waals surface area contributed by atoms with E-state index in [1.54, 1.807) is 0 Å². The molecule has 2 heterocycles. The third-order valence-electron chi connectivity index (χ3n) is 2.53. The number of rotatable bonds is 3. The summed E-state index contributed by atoms with van der Waals surface area (Å²) in [5.41, 5.74) is 0. The van der Waals surface area contributed by atoms with Crippen LogP contribution in [0.25, 0.3) is 0 Å². The van der Waals surface area contributed by atoms with Crippen LogP contribution in [0.4, 0.5) is 0 Å². The monoisotopic (exact) mass is 259 g/mol. The first-order chi connectivity index (χ1) is 6.34. The fourth-order valence-corrected chi connectivity index (χ4v) is 3.30. The Morgan fingerprint density at radius 3 is 3.08 bits per heavy atom. The first kappa shape index (κ1) is 9.69. The molecule has 0 spiro atoms. The fourth-order valence-electron chi connectivity index (χ4n) is 1.81. The quantitative estimate of drug-likeness (QED) is 0.880. The Labute approximate surface area is 91.7 Å². The van der Waals surface area contributed by atoms with Crippen LogP contribution in [0.15, 0.2) is 15.9 Å².